The second-order valence-electron chi connectivity index (χ2n) is 4.99. The number of hydrogen-bond acceptors (Lipinski definition) is 6. The molecule has 0 amide bonds. The highest BCUT2D eigenvalue weighted by Crippen LogP contribution is 2.29. The molecule has 8 nitrogen and oxygen atoms in total. The van der Waals surface area contributed by atoms with Crippen molar-refractivity contribution in [1.29, 1.82) is 0 Å². The molecule has 1 saturated heterocycles. The highest BCUT2D eigenvalue weighted by atomic mass is 16.6. The Labute approximate surface area is 111 Å². The normalized spacial score (nSPS) is 24.3. The Balaban J connectivity index is 2.34. The van der Waals surface area contributed by atoms with E-state index in [0.29, 0.717) is 25.5 Å². The first kappa shape index (κ1) is 13.8. The number of nitro groups is 1. The minimum atomic E-state index is -0.398. The molecular formula is C11H19N5O3. The van der Waals surface area contributed by atoms with Gasteiger partial charge in [0.1, 0.15) is 6.20 Å². The van der Waals surface area contributed by atoms with E-state index in [-0.39, 0.29) is 11.3 Å². The molecule has 0 radical (unpaired) electrons. The van der Waals surface area contributed by atoms with E-state index in [4.69, 9.17) is 4.74 Å². The minimum Gasteiger partial charge on any atom is -0.375 e. The number of aryl methyl sites for hydroxylation is 1. The molecule has 0 saturated carbocycles. The zero-order valence-corrected chi connectivity index (χ0v) is 11.4. The van der Waals surface area contributed by atoms with Crippen LogP contribution < -0.4 is 10.2 Å². The summed E-state index contributed by atoms with van der Waals surface area (Å²) in [4.78, 5) is 12.6. The highest BCUT2D eigenvalue weighted by Gasteiger charge is 2.33. The van der Waals surface area contributed by atoms with E-state index in [9.17, 15) is 10.1 Å². The number of anilines is 1. The standard InChI is InChI=1S/C11H19N5O3/c1-11(19-3)7-12-4-5-15(8-11)10-9(16(17)18)6-13-14(10)2/h6,12H,4-5,7-8H2,1-3H3. The van der Waals surface area contributed by atoms with Gasteiger partial charge in [0.05, 0.1) is 10.5 Å². The summed E-state index contributed by atoms with van der Waals surface area (Å²) >= 11 is 0. The number of methoxy groups -OCH3 is 1. The molecule has 1 N–H and O–H groups in total. The summed E-state index contributed by atoms with van der Waals surface area (Å²) in [5.74, 6) is 0.525. The van der Waals surface area contributed by atoms with E-state index >= 15 is 0 Å². The van der Waals surface area contributed by atoms with Gasteiger partial charge in [-0.25, -0.2) is 4.68 Å². The van der Waals surface area contributed by atoms with Gasteiger partial charge < -0.3 is 15.0 Å². The number of hydrogen-bond donors (Lipinski definition) is 1. The van der Waals surface area contributed by atoms with Gasteiger partial charge in [0.2, 0.25) is 5.82 Å². The van der Waals surface area contributed by atoms with Crippen LogP contribution in [0.2, 0.25) is 0 Å². The fourth-order valence-corrected chi connectivity index (χ4v) is 2.34. The second-order valence-corrected chi connectivity index (χ2v) is 4.99. The van der Waals surface area contributed by atoms with Crippen molar-refractivity contribution >= 4 is 11.5 Å². The maximum Gasteiger partial charge on any atom is 0.331 e. The SMILES string of the molecule is COC1(C)CNCCN(c2c([N+](=O)[O-])cnn2C)C1. The summed E-state index contributed by atoms with van der Waals surface area (Å²) in [6.07, 6.45) is 1.29. The molecule has 1 aliphatic heterocycles. The Kier molecular flexibility index (Phi) is 3.72. The van der Waals surface area contributed by atoms with Crippen molar-refractivity contribution < 1.29 is 9.66 Å². The van der Waals surface area contributed by atoms with Crippen molar-refractivity contribution in [1.82, 2.24) is 15.1 Å². The number of ether oxygens (including phenoxy) is 1. The molecule has 8 heteroatoms. The lowest BCUT2D eigenvalue weighted by Crippen LogP contribution is -2.45. The predicted octanol–water partition coefficient (Wildman–Crippen LogP) is 0.143. The molecule has 1 aromatic rings. The van der Waals surface area contributed by atoms with Crippen LogP contribution in [-0.2, 0) is 11.8 Å². The quantitative estimate of drug-likeness (QED) is 0.620. The van der Waals surface area contributed by atoms with Crippen molar-refractivity contribution in [3.63, 3.8) is 0 Å². The third-order valence-corrected chi connectivity index (χ3v) is 3.46. The summed E-state index contributed by atoms with van der Waals surface area (Å²) in [6, 6.07) is 0. The molecule has 1 unspecified atom stereocenters. The van der Waals surface area contributed by atoms with Crippen molar-refractivity contribution in [2.24, 2.45) is 7.05 Å². The third-order valence-electron chi connectivity index (χ3n) is 3.46. The average Bonchev–Trinajstić information content (AvgIpc) is 2.64. The molecule has 1 aliphatic rings. The molecule has 19 heavy (non-hydrogen) atoms. The Bertz CT molecular complexity index is 475. The van der Waals surface area contributed by atoms with Crippen molar-refractivity contribution in [2.75, 3.05) is 38.2 Å². The van der Waals surface area contributed by atoms with Gasteiger partial charge in [-0.05, 0) is 6.92 Å². The molecule has 2 rings (SSSR count). The van der Waals surface area contributed by atoms with Crippen LogP contribution in [-0.4, -0.2) is 53.6 Å². The Morgan fingerprint density at radius 1 is 1.63 bits per heavy atom. The Hall–Kier alpha value is -1.67. The first-order valence-corrected chi connectivity index (χ1v) is 6.14. The predicted molar refractivity (Wildman–Crippen MR) is 70.4 cm³/mol. The van der Waals surface area contributed by atoms with Gasteiger partial charge in [-0.1, -0.05) is 0 Å². The molecular weight excluding hydrogens is 250 g/mol. The molecule has 1 atom stereocenters. The Morgan fingerprint density at radius 2 is 2.37 bits per heavy atom. The van der Waals surface area contributed by atoms with Crippen molar-refractivity contribution in [3.05, 3.63) is 16.3 Å². The van der Waals surface area contributed by atoms with E-state index in [1.807, 2.05) is 11.8 Å². The van der Waals surface area contributed by atoms with E-state index in [1.54, 1.807) is 18.8 Å². The zero-order chi connectivity index (χ0) is 14.0. The van der Waals surface area contributed by atoms with Crippen LogP contribution in [0.15, 0.2) is 6.20 Å². The molecule has 106 valence electrons. The lowest BCUT2D eigenvalue weighted by atomic mass is 10.1. The Morgan fingerprint density at radius 3 is 3.00 bits per heavy atom. The van der Waals surface area contributed by atoms with Crippen LogP contribution in [0.25, 0.3) is 0 Å². The lowest BCUT2D eigenvalue weighted by Gasteiger charge is -2.31. The van der Waals surface area contributed by atoms with Crippen molar-refractivity contribution in [3.8, 4) is 0 Å². The maximum absolute atomic E-state index is 11.1. The lowest BCUT2D eigenvalue weighted by molar-refractivity contribution is -0.384. The third kappa shape index (κ3) is 2.69. The van der Waals surface area contributed by atoms with Gasteiger partial charge in [0.25, 0.3) is 0 Å². The minimum absolute atomic E-state index is 0.0304. The number of nitrogens with one attached hydrogen (secondary N) is 1. The van der Waals surface area contributed by atoms with E-state index < -0.39 is 4.92 Å². The first-order valence-electron chi connectivity index (χ1n) is 6.14. The molecule has 0 aromatic carbocycles. The van der Waals surface area contributed by atoms with Crippen LogP contribution in [0.3, 0.4) is 0 Å². The van der Waals surface area contributed by atoms with Crippen LogP contribution in [0.5, 0.6) is 0 Å². The maximum atomic E-state index is 11.1. The summed E-state index contributed by atoms with van der Waals surface area (Å²) in [7, 11) is 3.37. The van der Waals surface area contributed by atoms with Crippen LogP contribution in [0.1, 0.15) is 6.92 Å². The molecule has 0 spiro atoms. The summed E-state index contributed by atoms with van der Waals surface area (Å²) in [5.41, 5.74) is -0.350. The number of rotatable bonds is 3. The van der Waals surface area contributed by atoms with Crippen LogP contribution in [0, 0.1) is 10.1 Å². The summed E-state index contributed by atoms with van der Waals surface area (Å²) in [5, 5.41) is 18.3. The smallest absolute Gasteiger partial charge is 0.331 e. The first-order chi connectivity index (χ1) is 8.97. The van der Waals surface area contributed by atoms with Gasteiger partial charge in [-0.2, -0.15) is 5.10 Å². The van der Waals surface area contributed by atoms with E-state index in [1.165, 1.54) is 6.20 Å². The average molecular weight is 269 g/mol. The summed E-state index contributed by atoms with van der Waals surface area (Å²) in [6.45, 7) is 4.71. The van der Waals surface area contributed by atoms with Gasteiger partial charge >= 0.3 is 5.69 Å². The second kappa shape index (κ2) is 5.14. The van der Waals surface area contributed by atoms with Gasteiger partial charge in [-0.15, -0.1) is 0 Å². The summed E-state index contributed by atoms with van der Waals surface area (Å²) < 4.78 is 7.06. The highest BCUT2D eigenvalue weighted by molar-refractivity contribution is 5.58. The molecule has 2 heterocycles. The zero-order valence-electron chi connectivity index (χ0n) is 11.4. The monoisotopic (exact) mass is 269 g/mol. The largest absolute Gasteiger partial charge is 0.375 e. The molecule has 0 bridgehead atoms. The molecule has 1 aromatic heterocycles. The van der Waals surface area contributed by atoms with E-state index in [0.717, 1.165) is 6.54 Å². The van der Waals surface area contributed by atoms with Crippen LogP contribution in [0.4, 0.5) is 11.5 Å². The van der Waals surface area contributed by atoms with Gasteiger partial charge in [-0.3, -0.25) is 10.1 Å². The fourth-order valence-electron chi connectivity index (χ4n) is 2.34. The van der Waals surface area contributed by atoms with Gasteiger partial charge in [0.15, 0.2) is 0 Å². The van der Waals surface area contributed by atoms with Crippen molar-refractivity contribution in [2.45, 2.75) is 12.5 Å². The number of nitrogens with zero attached hydrogens (tertiary/aromatic N) is 4. The van der Waals surface area contributed by atoms with Crippen LogP contribution >= 0.6 is 0 Å². The van der Waals surface area contributed by atoms with E-state index in [2.05, 4.69) is 10.4 Å². The molecule has 1 fully saturated rings. The topological polar surface area (TPSA) is 85.5 Å². The number of aromatic nitrogens is 2. The fraction of sp³-hybridized carbons (Fsp3) is 0.727. The van der Waals surface area contributed by atoms with Gasteiger partial charge in [0, 0.05) is 40.3 Å². The molecule has 0 aliphatic carbocycles.